The molecule has 0 spiro atoms. The molecule has 4 rings (SSSR count). The minimum atomic E-state index is -0.463. The number of carbonyl (C=O) groups is 1. The SMILES string of the molecule is O=C(c1nn(-c2ccccc2)c(=O)cc1O)N1C2CCC1CC2. The number of amides is 1. The zero-order chi connectivity index (χ0) is 16.0. The van der Waals surface area contributed by atoms with Crippen LogP contribution in [0.4, 0.5) is 0 Å². The van der Waals surface area contributed by atoms with Crippen molar-refractivity contribution in [3.8, 4) is 11.4 Å². The summed E-state index contributed by atoms with van der Waals surface area (Å²) in [6.45, 7) is 0. The van der Waals surface area contributed by atoms with Gasteiger partial charge in [-0.05, 0) is 37.8 Å². The van der Waals surface area contributed by atoms with Gasteiger partial charge in [0.25, 0.3) is 11.5 Å². The van der Waals surface area contributed by atoms with E-state index in [1.807, 2.05) is 11.0 Å². The summed E-state index contributed by atoms with van der Waals surface area (Å²) in [5.41, 5.74) is 0.0536. The Labute approximate surface area is 133 Å². The Morgan fingerprint density at radius 2 is 1.70 bits per heavy atom. The lowest BCUT2D eigenvalue weighted by Crippen LogP contribution is -2.37. The number of carbonyl (C=O) groups excluding carboxylic acids is 1. The molecule has 0 aliphatic carbocycles. The van der Waals surface area contributed by atoms with Gasteiger partial charge in [-0.25, -0.2) is 0 Å². The van der Waals surface area contributed by atoms with Gasteiger partial charge in [0.2, 0.25) is 0 Å². The van der Waals surface area contributed by atoms with Crippen molar-refractivity contribution in [2.75, 3.05) is 0 Å². The predicted molar refractivity (Wildman–Crippen MR) is 83.7 cm³/mol. The molecule has 0 radical (unpaired) electrons. The summed E-state index contributed by atoms with van der Waals surface area (Å²) in [6, 6.07) is 10.4. The van der Waals surface area contributed by atoms with Gasteiger partial charge < -0.3 is 10.0 Å². The number of hydrogen-bond donors (Lipinski definition) is 1. The van der Waals surface area contributed by atoms with Gasteiger partial charge in [-0.1, -0.05) is 18.2 Å². The van der Waals surface area contributed by atoms with Gasteiger partial charge in [0.15, 0.2) is 11.4 Å². The Hall–Kier alpha value is -2.63. The minimum absolute atomic E-state index is 0.0488. The van der Waals surface area contributed by atoms with E-state index in [1.54, 1.807) is 24.3 Å². The van der Waals surface area contributed by atoms with Gasteiger partial charge in [-0.3, -0.25) is 9.59 Å². The van der Waals surface area contributed by atoms with E-state index in [1.165, 1.54) is 0 Å². The zero-order valence-corrected chi connectivity index (χ0v) is 12.6. The summed E-state index contributed by atoms with van der Waals surface area (Å²) < 4.78 is 1.16. The van der Waals surface area contributed by atoms with Crippen molar-refractivity contribution < 1.29 is 9.90 Å². The van der Waals surface area contributed by atoms with E-state index in [9.17, 15) is 14.7 Å². The second-order valence-electron chi connectivity index (χ2n) is 6.14. The lowest BCUT2D eigenvalue weighted by atomic mass is 10.0. The van der Waals surface area contributed by atoms with Crippen LogP contribution in [0.5, 0.6) is 5.75 Å². The average molecular weight is 311 g/mol. The summed E-state index contributed by atoms with van der Waals surface area (Å²) in [5.74, 6) is -0.629. The first kappa shape index (κ1) is 14.0. The molecule has 2 bridgehead atoms. The van der Waals surface area contributed by atoms with Crippen LogP contribution in [0.25, 0.3) is 5.69 Å². The first-order chi connectivity index (χ1) is 11.1. The van der Waals surface area contributed by atoms with Crippen molar-refractivity contribution in [3.63, 3.8) is 0 Å². The number of rotatable bonds is 2. The molecule has 0 atom stereocenters. The Kier molecular flexibility index (Phi) is 3.18. The van der Waals surface area contributed by atoms with E-state index >= 15 is 0 Å². The fraction of sp³-hybridized carbons (Fsp3) is 0.353. The molecule has 2 aliphatic heterocycles. The molecule has 2 aliphatic rings. The van der Waals surface area contributed by atoms with Crippen molar-refractivity contribution >= 4 is 5.91 Å². The van der Waals surface area contributed by atoms with E-state index in [4.69, 9.17) is 0 Å². The van der Waals surface area contributed by atoms with Crippen LogP contribution >= 0.6 is 0 Å². The first-order valence-electron chi connectivity index (χ1n) is 7.86. The maximum atomic E-state index is 12.8. The molecule has 2 saturated heterocycles. The molecular formula is C17H17N3O3. The predicted octanol–water partition coefficient (Wildman–Crippen LogP) is 1.71. The number of hydrogen-bond acceptors (Lipinski definition) is 4. The molecule has 6 heteroatoms. The highest BCUT2D eigenvalue weighted by Crippen LogP contribution is 2.38. The third kappa shape index (κ3) is 2.21. The second kappa shape index (κ2) is 5.22. The third-order valence-electron chi connectivity index (χ3n) is 4.80. The van der Waals surface area contributed by atoms with Crippen molar-refractivity contribution in [2.24, 2.45) is 0 Å². The van der Waals surface area contributed by atoms with Crippen LogP contribution in [0.3, 0.4) is 0 Å². The summed E-state index contributed by atoms with van der Waals surface area (Å²) in [7, 11) is 0. The van der Waals surface area contributed by atoms with Gasteiger partial charge in [-0.2, -0.15) is 9.78 Å². The highest BCUT2D eigenvalue weighted by Gasteiger charge is 2.43. The van der Waals surface area contributed by atoms with Crippen LogP contribution < -0.4 is 5.56 Å². The van der Waals surface area contributed by atoms with Crippen molar-refractivity contribution in [1.29, 1.82) is 0 Å². The fourth-order valence-corrected chi connectivity index (χ4v) is 3.72. The minimum Gasteiger partial charge on any atom is -0.505 e. The van der Waals surface area contributed by atoms with Crippen molar-refractivity contribution in [3.05, 3.63) is 52.4 Å². The number of aromatic hydroxyl groups is 1. The Balaban J connectivity index is 1.77. The largest absolute Gasteiger partial charge is 0.505 e. The van der Waals surface area contributed by atoms with Crippen LogP contribution in [-0.2, 0) is 0 Å². The highest BCUT2D eigenvalue weighted by molar-refractivity contribution is 5.95. The second-order valence-corrected chi connectivity index (χ2v) is 6.14. The summed E-state index contributed by atoms with van der Waals surface area (Å²) in [5, 5.41) is 14.2. The molecule has 0 saturated carbocycles. The Bertz CT molecular complexity index is 796. The molecule has 1 amide bonds. The van der Waals surface area contributed by atoms with Gasteiger partial charge >= 0.3 is 0 Å². The van der Waals surface area contributed by atoms with Crippen LogP contribution in [0, 0.1) is 0 Å². The smallest absolute Gasteiger partial charge is 0.278 e. The van der Waals surface area contributed by atoms with E-state index in [-0.39, 0.29) is 29.4 Å². The summed E-state index contributed by atoms with van der Waals surface area (Å²) in [6.07, 6.45) is 4.04. The molecule has 23 heavy (non-hydrogen) atoms. The molecule has 1 aromatic heterocycles. The van der Waals surface area contributed by atoms with Gasteiger partial charge in [0, 0.05) is 18.2 Å². The summed E-state index contributed by atoms with van der Waals surface area (Å²) >= 11 is 0. The molecule has 0 unspecified atom stereocenters. The number of fused-ring (bicyclic) bond motifs is 2. The maximum absolute atomic E-state index is 12.8. The number of para-hydroxylation sites is 1. The Morgan fingerprint density at radius 1 is 1.09 bits per heavy atom. The fourth-order valence-electron chi connectivity index (χ4n) is 3.72. The van der Waals surface area contributed by atoms with Crippen LogP contribution in [0.1, 0.15) is 36.2 Å². The van der Waals surface area contributed by atoms with E-state index in [0.29, 0.717) is 5.69 Å². The first-order valence-corrected chi connectivity index (χ1v) is 7.86. The average Bonchev–Trinajstić information content (AvgIpc) is 3.15. The lowest BCUT2D eigenvalue weighted by Gasteiger charge is -2.22. The molecular weight excluding hydrogens is 294 g/mol. The highest BCUT2D eigenvalue weighted by atomic mass is 16.3. The lowest BCUT2D eigenvalue weighted by molar-refractivity contribution is 0.0718. The molecule has 6 nitrogen and oxygen atoms in total. The molecule has 2 aromatic rings. The van der Waals surface area contributed by atoms with Gasteiger partial charge in [-0.15, -0.1) is 0 Å². The van der Waals surface area contributed by atoms with Gasteiger partial charge in [0.05, 0.1) is 5.69 Å². The molecule has 118 valence electrons. The van der Waals surface area contributed by atoms with Gasteiger partial charge in [0.1, 0.15) is 0 Å². The standard InChI is InChI=1S/C17H17N3O3/c21-14-10-15(22)20(13-4-2-1-3-5-13)18-16(14)17(23)19-11-6-7-12(19)9-8-11/h1-5,10-12,21H,6-9H2. The quantitative estimate of drug-likeness (QED) is 0.916. The van der Waals surface area contributed by atoms with Crippen molar-refractivity contribution in [1.82, 2.24) is 14.7 Å². The molecule has 1 N–H and O–H groups in total. The van der Waals surface area contributed by atoms with E-state index in [2.05, 4.69) is 5.10 Å². The van der Waals surface area contributed by atoms with E-state index < -0.39 is 5.56 Å². The maximum Gasteiger partial charge on any atom is 0.278 e. The van der Waals surface area contributed by atoms with Crippen LogP contribution in [-0.4, -0.2) is 37.8 Å². The number of benzene rings is 1. The molecule has 1 aromatic carbocycles. The molecule has 3 heterocycles. The van der Waals surface area contributed by atoms with E-state index in [0.717, 1.165) is 36.4 Å². The van der Waals surface area contributed by atoms with Crippen molar-refractivity contribution in [2.45, 2.75) is 37.8 Å². The summed E-state index contributed by atoms with van der Waals surface area (Å²) in [4.78, 5) is 26.7. The normalized spacial score (nSPS) is 22.5. The Morgan fingerprint density at radius 3 is 2.30 bits per heavy atom. The zero-order valence-electron chi connectivity index (χ0n) is 12.6. The third-order valence-corrected chi connectivity index (χ3v) is 4.80. The van der Waals surface area contributed by atoms with Crippen LogP contribution in [0.15, 0.2) is 41.2 Å². The topological polar surface area (TPSA) is 75.4 Å². The van der Waals surface area contributed by atoms with Crippen LogP contribution in [0.2, 0.25) is 0 Å². The number of aromatic nitrogens is 2. The molecule has 2 fully saturated rings. The monoisotopic (exact) mass is 311 g/mol. The number of nitrogens with zero attached hydrogens (tertiary/aromatic N) is 3.